The normalized spacial score (nSPS) is 12.7. The fourth-order valence-corrected chi connectivity index (χ4v) is 10.0. The molecule has 0 saturated carbocycles. The Morgan fingerprint density at radius 1 is 0.514 bits per heavy atom. The number of halogens is 2. The summed E-state index contributed by atoms with van der Waals surface area (Å²) in [7, 11) is 0. The number of fused-ring (bicyclic) bond motifs is 4. The van der Waals surface area contributed by atoms with Gasteiger partial charge in [0, 0.05) is 41.2 Å². The maximum Gasteiger partial charge on any atom is 0.503 e. The minimum Gasteiger partial charge on any atom is -0.457 e. The van der Waals surface area contributed by atoms with Crippen LogP contribution < -0.4 is 13.9 Å². The van der Waals surface area contributed by atoms with Gasteiger partial charge in [-0.05, 0) is 138 Å². The van der Waals surface area contributed by atoms with E-state index in [0.717, 1.165) is 89.3 Å². The van der Waals surface area contributed by atoms with E-state index in [4.69, 9.17) is 9.72 Å². The number of aromatic nitrogens is 2. The van der Waals surface area contributed by atoms with Crippen LogP contribution in [0.1, 0.15) is 78.0 Å². The van der Waals surface area contributed by atoms with Crippen molar-refractivity contribution in [2.24, 2.45) is 0 Å². The molecule has 10 aromatic rings. The van der Waals surface area contributed by atoms with E-state index in [1.807, 2.05) is 48.7 Å². The Morgan fingerprint density at radius 2 is 1.11 bits per heavy atom. The molecule has 354 valence electrons. The lowest BCUT2D eigenvalue weighted by Gasteiger charge is -2.22. The molecule has 0 unspecified atom stereocenters. The standard InChI is InChI=1S/C65H56F2N4O/c1-41(2)52-15-9-10-16-53(52)44-33-49(38-51(34-44)72-50-29-30-55-54-17-11-12-18-58(54)71(61(55)39-50)62-37-45(31-32-68-62)64(3,4)5)69-40-70(60-20-14-13-19-59(60)69)63-56(42-21-25-47(66)26-22-42)35-46(65(6,7)8)36-57(63)43-23-27-48(67)28-24-43/h9-39,41H,1-8H3/q+2. The SMILES string of the molecule is CC(C)c1ccccc1-c1cc(Oc2ccc3c4ccccc4n(-c4cc(C(C)(C)C)ccn4)c3c2)cc([N+]2=C=[N+](c3c(-c4ccc(F)cc4)cc(C(C)(C)C)cc3-c3ccc(F)cc3)c3ccccc32)c1. The van der Waals surface area contributed by atoms with E-state index < -0.39 is 0 Å². The van der Waals surface area contributed by atoms with Gasteiger partial charge in [0.25, 0.3) is 11.4 Å². The zero-order valence-corrected chi connectivity index (χ0v) is 41.9. The highest BCUT2D eigenvalue weighted by atomic mass is 19.1. The second kappa shape index (κ2) is 17.9. The van der Waals surface area contributed by atoms with Crippen LogP contribution in [0.25, 0.3) is 61.0 Å². The molecule has 0 atom stereocenters. The lowest BCUT2D eigenvalue weighted by Crippen LogP contribution is -2.13. The van der Waals surface area contributed by atoms with Crippen molar-refractivity contribution < 1.29 is 13.5 Å². The molecule has 1 aliphatic rings. The Kier molecular flexibility index (Phi) is 11.4. The van der Waals surface area contributed by atoms with Gasteiger partial charge in [-0.2, -0.15) is 0 Å². The van der Waals surface area contributed by atoms with Gasteiger partial charge in [0.15, 0.2) is 0 Å². The van der Waals surface area contributed by atoms with Gasteiger partial charge in [0.2, 0.25) is 11.4 Å². The largest absolute Gasteiger partial charge is 0.503 e. The highest BCUT2D eigenvalue weighted by Crippen LogP contribution is 2.48. The molecular weight excluding hydrogens is 891 g/mol. The number of rotatable bonds is 9. The minimum atomic E-state index is -0.316. The van der Waals surface area contributed by atoms with Crippen LogP contribution in [0.3, 0.4) is 0 Å². The van der Waals surface area contributed by atoms with E-state index in [-0.39, 0.29) is 28.4 Å². The van der Waals surface area contributed by atoms with Gasteiger partial charge in [-0.3, -0.25) is 4.57 Å². The fraction of sp³-hybridized carbons (Fsp3) is 0.169. The average Bonchev–Trinajstić information content (AvgIpc) is 3.92. The summed E-state index contributed by atoms with van der Waals surface area (Å²) < 4.78 is 42.8. The third-order valence-electron chi connectivity index (χ3n) is 13.8. The molecule has 0 amide bonds. The van der Waals surface area contributed by atoms with Crippen LogP contribution in [0.5, 0.6) is 11.5 Å². The number of ether oxygens (including phenoxy) is 1. The molecule has 7 heteroatoms. The van der Waals surface area contributed by atoms with Crippen LogP contribution in [-0.4, -0.2) is 15.6 Å². The summed E-state index contributed by atoms with van der Waals surface area (Å²) in [5.41, 5.74) is 14.3. The Labute approximate surface area is 420 Å². The summed E-state index contributed by atoms with van der Waals surface area (Å²) in [6, 6.07) is 63.8. The lowest BCUT2D eigenvalue weighted by atomic mass is 9.82. The van der Waals surface area contributed by atoms with Crippen LogP contribution in [0.15, 0.2) is 188 Å². The maximum absolute atomic E-state index is 14.7. The predicted molar refractivity (Wildman–Crippen MR) is 294 cm³/mol. The van der Waals surface area contributed by atoms with Crippen LogP contribution in [0.4, 0.5) is 31.5 Å². The van der Waals surface area contributed by atoms with E-state index in [1.165, 1.54) is 35.4 Å². The van der Waals surface area contributed by atoms with E-state index in [1.54, 1.807) is 0 Å². The molecule has 5 nitrogen and oxygen atoms in total. The Bertz CT molecular complexity index is 3760. The first-order valence-electron chi connectivity index (χ1n) is 24.7. The van der Waals surface area contributed by atoms with Gasteiger partial charge >= 0.3 is 6.01 Å². The predicted octanol–water partition coefficient (Wildman–Crippen LogP) is 17.8. The van der Waals surface area contributed by atoms with Crippen molar-refractivity contribution in [1.82, 2.24) is 18.7 Å². The zero-order valence-electron chi connectivity index (χ0n) is 41.9. The molecule has 1 aliphatic heterocycles. The molecule has 2 aromatic heterocycles. The lowest BCUT2D eigenvalue weighted by molar-refractivity contribution is 0.483. The van der Waals surface area contributed by atoms with Crippen molar-refractivity contribution >= 4 is 50.6 Å². The van der Waals surface area contributed by atoms with E-state index in [2.05, 4.69) is 190 Å². The molecule has 72 heavy (non-hydrogen) atoms. The van der Waals surface area contributed by atoms with E-state index in [0.29, 0.717) is 11.5 Å². The van der Waals surface area contributed by atoms with Gasteiger partial charge in [0.05, 0.1) is 28.2 Å². The summed E-state index contributed by atoms with van der Waals surface area (Å²) in [6.07, 6.45) is 1.90. The summed E-state index contributed by atoms with van der Waals surface area (Å²) in [5, 5.41) is 2.24. The topological polar surface area (TPSA) is 33.1 Å². The minimum absolute atomic E-state index is 0.0595. The number of para-hydroxylation sites is 3. The first kappa shape index (κ1) is 46.2. The Morgan fingerprint density at radius 3 is 1.76 bits per heavy atom. The number of nitrogens with zero attached hydrogens (tertiary/aromatic N) is 4. The third kappa shape index (κ3) is 8.50. The van der Waals surface area contributed by atoms with Gasteiger partial charge in [0.1, 0.15) is 29.0 Å². The first-order chi connectivity index (χ1) is 34.6. The quantitative estimate of drug-likeness (QED) is 0.135. The highest BCUT2D eigenvalue weighted by Gasteiger charge is 2.40. The van der Waals surface area contributed by atoms with Crippen molar-refractivity contribution in [3.63, 3.8) is 0 Å². The zero-order chi connectivity index (χ0) is 50.1. The van der Waals surface area contributed by atoms with Crippen LogP contribution in [-0.2, 0) is 10.8 Å². The molecule has 0 spiro atoms. The van der Waals surface area contributed by atoms with Crippen molar-refractivity contribution in [3.05, 3.63) is 217 Å². The van der Waals surface area contributed by atoms with Crippen LogP contribution >= 0.6 is 0 Å². The summed E-state index contributed by atoms with van der Waals surface area (Å²) >= 11 is 0. The van der Waals surface area contributed by atoms with E-state index in [9.17, 15) is 8.78 Å². The van der Waals surface area contributed by atoms with Gasteiger partial charge < -0.3 is 4.74 Å². The number of hydrogen-bond acceptors (Lipinski definition) is 2. The monoisotopic (exact) mass is 946 g/mol. The van der Waals surface area contributed by atoms with Crippen molar-refractivity contribution in [1.29, 1.82) is 0 Å². The molecule has 11 rings (SSSR count). The van der Waals surface area contributed by atoms with Gasteiger partial charge in [-0.1, -0.05) is 134 Å². The second-order valence-electron chi connectivity index (χ2n) is 21.2. The van der Waals surface area contributed by atoms with Crippen molar-refractivity contribution in [3.8, 4) is 50.7 Å². The summed E-state index contributed by atoms with van der Waals surface area (Å²) in [6.45, 7) is 17.7. The molecule has 0 aliphatic carbocycles. The van der Waals surface area contributed by atoms with Gasteiger partial charge in [-0.25, -0.2) is 13.8 Å². The maximum atomic E-state index is 14.7. The van der Waals surface area contributed by atoms with Gasteiger partial charge in [-0.15, -0.1) is 0 Å². The molecule has 0 N–H and O–H groups in total. The first-order valence-corrected chi connectivity index (χ1v) is 24.7. The second-order valence-corrected chi connectivity index (χ2v) is 21.2. The van der Waals surface area contributed by atoms with Crippen molar-refractivity contribution in [2.75, 3.05) is 0 Å². The summed E-state index contributed by atoms with van der Waals surface area (Å²) in [4.78, 5) is 4.92. The van der Waals surface area contributed by atoms with Crippen LogP contribution in [0, 0.1) is 11.6 Å². The molecular formula is C65H56F2N4O+2. The fourth-order valence-electron chi connectivity index (χ4n) is 10.0. The summed E-state index contributed by atoms with van der Waals surface area (Å²) in [5.74, 6) is 1.81. The van der Waals surface area contributed by atoms with Crippen molar-refractivity contribution in [2.45, 2.75) is 72.1 Å². The average molecular weight is 947 g/mol. The molecule has 3 heterocycles. The molecule has 0 fully saturated rings. The third-order valence-corrected chi connectivity index (χ3v) is 13.8. The number of benzene rings is 8. The molecule has 0 saturated heterocycles. The molecule has 0 bridgehead atoms. The number of pyridine rings is 1. The number of hydrogen-bond donors (Lipinski definition) is 0. The Hall–Kier alpha value is -8.25. The Balaban J connectivity index is 1.15. The van der Waals surface area contributed by atoms with Crippen LogP contribution in [0.2, 0.25) is 0 Å². The highest BCUT2D eigenvalue weighted by molar-refractivity contribution is 6.09. The van der Waals surface area contributed by atoms with E-state index >= 15 is 0 Å². The molecule has 0 radical (unpaired) electrons. The smallest absolute Gasteiger partial charge is 0.457 e. The molecule has 8 aromatic carbocycles.